The molecule has 0 aliphatic rings. The quantitative estimate of drug-likeness (QED) is 0.566. The van der Waals surface area contributed by atoms with E-state index in [0.717, 1.165) is 6.07 Å². The zero-order valence-electron chi connectivity index (χ0n) is 14.0. The fourth-order valence-electron chi connectivity index (χ4n) is 2.40. The Morgan fingerprint density at radius 1 is 0.741 bits per heavy atom. The van der Waals surface area contributed by atoms with Crippen LogP contribution in [0.4, 0.5) is 26.2 Å². The molecule has 3 rings (SSSR count). The number of hydrogen-bond acceptors (Lipinski definition) is 2. The summed E-state index contributed by atoms with van der Waals surface area (Å²) in [5, 5.41) is 7.94. The Labute approximate surface area is 160 Å². The van der Waals surface area contributed by atoms with E-state index in [9.17, 15) is 14.0 Å². The molecule has 0 aromatic heterocycles. The first-order valence-corrected chi connectivity index (χ1v) is 8.39. The molecule has 3 amide bonds. The summed E-state index contributed by atoms with van der Waals surface area (Å²) in [6.07, 6.45) is 0. The highest BCUT2D eigenvalue weighted by Gasteiger charge is 2.16. The molecule has 0 saturated heterocycles. The summed E-state index contributed by atoms with van der Waals surface area (Å²) in [5.74, 6) is -1.39. The average molecular weight is 384 g/mol. The Morgan fingerprint density at radius 2 is 1.33 bits per heavy atom. The van der Waals surface area contributed by atoms with Crippen LogP contribution in [0.3, 0.4) is 0 Å². The van der Waals surface area contributed by atoms with Gasteiger partial charge in [-0.25, -0.2) is 9.18 Å². The van der Waals surface area contributed by atoms with Gasteiger partial charge < -0.3 is 16.0 Å². The first kappa shape index (κ1) is 18.4. The molecule has 7 heteroatoms. The van der Waals surface area contributed by atoms with Crippen molar-refractivity contribution in [1.82, 2.24) is 0 Å². The molecule has 3 N–H and O–H groups in total. The first-order chi connectivity index (χ1) is 13.0. The van der Waals surface area contributed by atoms with E-state index in [-0.39, 0.29) is 10.6 Å². The van der Waals surface area contributed by atoms with Crippen LogP contribution in [0.5, 0.6) is 0 Å². The Hall–Kier alpha value is -3.38. The SMILES string of the molecule is O=C(Nc1ccccc1)Nc1cccc(NC(=O)c2c(F)cccc2Cl)c1. The van der Waals surface area contributed by atoms with Crippen LogP contribution in [-0.2, 0) is 0 Å². The van der Waals surface area contributed by atoms with Crippen LogP contribution in [0.15, 0.2) is 72.8 Å². The van der Waals surface area contributed by atoms with E-state index in [0.29, 0.717) is 17.1 Å². The first-order valence-electron chi connectivity index (χ1n) is 8.01. The molecule has 0 unspecified atom stereocenters. The summed E-state index contributed by atoms with van der Waals surface area (Å²) in [4.78, 5) is 24.3. The van der Waals surface area contributed by atoms with Crippen molar-refractivity contribution in [2.75, 3.05) is 16.0 Å². The van der Waals surface area contributed by atoms with Crippen molar-refractivity contribution >= 4 is 40.6 Å². The molecule has 3 aromatic carbocycles. The lowest BCUT2D eigenvalue weighted by molar-refractivity contribution is 0.102. The zero-order valence-corrected chi connectivity index (χ0v) is 14.8. The summed E-state index contributed by atoms with van der Waals surface area (Å²) < 4.78 is 13.9. The predicted molar refractivity (Wildman–Crippen MR) is 105 cm³/mol. The lowest BCUT2D eigenvalue weighted by Gasteiger charge is -2.11. The fraction of sp³-hybridized carbons (Fsp3) is 0. The van der Waals surface area contributed by atoms with Gasteiger partial charge in [0.25, 0.3) is 5.91 Å². The molecule has 0 heterocycles. The minimum atomic E-state index is -0.712. The normalized spacial score (nSPS) is 10.1. The number of amides is 3. The second-order valence-electron chi connectivity index (χ2n) is 5.58. The van der Waals surface area contributed by atoms with E-state index in [1.54, 1.807) is 48.5 Å². The Kier molecular flexibility index (Phi) is 5.68. The number of halogens is 2. The average Bonchev–Trinajstić information content (AvgIpc) is 2.62. The van der Waals surface area contributed by atoms with E-state index < -0.39 is 17.8 Å². The molecule has 136 valence electrons. The molecule has 0 fully saturated rings. The van der Waals surface area contributed by atoms with Gasteiger partial charge in [0.05, 0.1) is 10.6 Å². The van der Waals surface area contributed by atoms with E-state index in [4.69, 9.17) is 11.6 Å². The molecule has 0 radical (unpaired) electrons. The summed E-state index contributed by atoms with van der Waals surface area (Å²) in [6.45, 7) is 0. The lowest BCUT2D eigenvalue weighted by Crippen LogP contribution is -2.19. The largest absolute Gasteiger partial charge is 0.323 e. The van der Waals surface area contributed by atoms with Crippen molar-refractivity contribution in [3.05, 3.63) is 89.2 Å². The van der Waals surface area contributed by atoms with Crippen molar-refractivity contribution in [1.29, 1.82) is 0 Å². The highest BCUT2D eigenvalue weighted by Crippen LogP contribution is 2.22. The standard InChI is InChI=1S/C20H15ClFN3O2/c21-16-10-5-11-17(22)18(16)19(26)23-14-8-4-9-15(12-14)25-20(27)24-13-6-2-1-3-7-13/h1-12H,(H,23,26)(H2,24,25,27). The number of nitrogens with one attached hydrogen (secondary N) is 3. The van der Waals surface area contributed by atoms with Crippen LogP contribution >= 0.6 is 11.6 Å². The maximum atomic E-state index is 13.9. The molecule has 0 saturated carbocycles. The van der Waals surface area contributed by atoms with Gasteiger partial charge in [0.15, 0.2) is 0 Å². The Balaban J connectivity index is 1.68. The van der Waals surface area contributed by atoms with Crippen LogP contribution in [0, 0.1) is 5.82 Å². The number of anilines is 3. The molecule has 0 spiro atoms. The number of hydrogen-bond donors (Lipinski definition) is 3. The summed E-state index contributed by atoms with van der Waals surface area (Å²) in [7, 11) is 0. The molecule has 3 aromatic rings. The monoisotopic (exact) mass is 383 g/mol. The number of rotatable bonds is 4. The summed E-state index contributed by atoms with van der Waals surface area (Å²) in [5.41, 5.74) is 1.26. The zero-order chi connectivity index (χ0) is 19.2. The highest BCUT2D eigenvalue weighted by atomic mass is 35.5. The van der Waals surface area contributed by atoms with Gasteiger partial charge in [-0.05, 0) is 42.5 Å². The van der Waals surface area contributed by atoms with Crippen LogP contribution in [0.2, 0.25) is 5.02 Å². The second kappa shape index (κ2) is 8.33. The van der Waals surface area contributed by atoms with Crippen molar-refractivity contribution in [3.63, 3.8) is 0 Å². The van der Waals surface area contributed by atoms with Gasteiger partial charge in [-0.2, -0.15) is 0 Å². The summed E-state index contributed by atoms with van der Waals surface area (Å²) >= 11 is 5.90. The minimum absolute atomic E-state index is 0.0176. The lowest BCUT2D eigenvalue weighted by atomic mass is 10.2. The Morgan fingerprint density at radius 3 is 2.04 bits per heavy atom. The second-order valence-corrected chi connectivity index (χ2v) is 5.98. The smallest absolute Gasteiger partial charge is 0.322 e. The molecule has 0 atom stereocenters. The molecule has 5 nitrogen and oxygen atoms in total. The van der Waals surface area contributed by atoms with Gasteiger partial charge in [0, 0.05) is 17.1 Å². The summed E-state index contributed by atoms with van der Waals surface area (Å²) in [6, 6.07) is 19.0. The molecule has 0 bridgehead atoms. The van der Waals surface area contributed by atoms with E-state index >= 15 is 0 Å². The number of para-hydroxylation sites is 1. The van der Waals surface area contributed by atoms with Crippen molar-refractivity contribution in [3.8, 4) is 0 Å². The van der Waals surface area contributed by atoms with E-state index in [1.165, 1.54) is 12.1 Å². The van der Waals surface area contributed by atoms with Crippen molar-refractivity contribution < 1.29 is 14.0 Å². The molecular weight excluding hydrogens is 369 g/mol. The fourth-order valence-corrected chi connectivity index (χ4v) is 2.65. The third-order valence-electron chi connectivity index (χ3n) is 3.60. The van der Waals surface area contributed by atoms with E-state index in [2.05, 4.69) is 16.0 Å². The Bertz CT molecular complexity index is 960. The molecule has 0 aliphatic carbocycles. The van der Waals surface area contributed by atoms with Gasteiger partial charge in [-0.15, -0.1) is 0 Å². The van der Waals surface area contributed by atoms with Gasteiger partial charge in [-0.1, -0.05) is 41.9 Å². The maximum absolute atomic E-state index is 13.9. The number of carbonyl (C=O) groups excluding carboxylic acids is 2. The van der Waals surface area contributed by atoms with Gasteiger partial charge in [-0.3, -0.25) is 4.79 Å². The van der Waals surface area contributed by atoms with Gasteiger partial charge in [0.2, 0.25) is 0 Å². The van der Waals surface area contributed by atoms with Crippen LogP contribution in [-0.4, -0.2) is 11.9 Å². The highest BCUT2D eigenvalue weighted by molar-refractivity contribution is 6.34. The van der Waals surface area contributed by atoms with Gasteiger partial charge >= 0.3 is 6.03 Å². The molecule has 0 aliphatic heterocycles. The maximum Gasteiger partial charge on any atom is 0.323 e. The van der Waals surface area contributed by atoms with Crippen LogP contribution in [0.25, 0.3) is 0 Å². The van der Waals surface area contributed by atoms with E-state index in [1.807, 2.05) is 6.07 Å². The number of urea groups is 1. The third-order valence-corrected chi connectivity index (χ3v) is 3.91. The van der Waals surface area contributed by atoms with Crippen LogP contribution < -0.4 is 16.0 Å². The van der Waals surface area contributed by atoms with Crippen molar-refractivity contribution in [2.24, 2.45) is 0 Å². The van der Waals surface area contributed by atoms with Gasteiger partial charge in [0.1, 0.15) is 5.82 Å². The molecular formula is C20H15ClFN3O2. The number of carbonyl (C=O) groups is 2. The topological polar surface area (TPSA) is 70.2 Å². The predicted octanol–water partition coefficient (Wildman–Crippen LogP) is 5.38. The minimum Gasteiger partial charge on any atom is -0.322 e. The molecule has 27 heavy (non-hydrogen) atoms. The third kappa shape index (κ3) is 4.83. The van der Waals surface area contributed by atoms with Crippen molar-refractivity contribution in [2.45, 2.75) is 0 Å². The number of benzene rings is 3. The van der Waals surface area contributed by atoms with Crippen LogP contribution in [0.1, 0.15) is 10.4 Å².